The maximum absolute atomic E-state index is 11.9. The minimum Gasteiger partial charge on any atom is -0.445 e. The fourth-order valence-electron chi connectivity index (χ4n) is 3.23. The van der Waals surface area contributed by atoms with E-state index in [2.05, 4.69) is 37.9 Å². The van der Waals surface area contributed by atoms with E-state index in [4.69, 9.17) is 4.74 Å². The number of carbonyl (C=O) groups excluding carboxylic acids is 1. The van der Waals surface area contributed by atoms with Gasteiger partial charge in [-0.2, -0.15) is 0 Å². The highest BCUT2D eigenvalue weighted by atomic mass is 16.5. The molecule has 1 aromatic carbocycles. The molecule has 1 amide bonds. The second kappa shape index (κ2) is 7.14. The molecule has 0 saturated carbocycles. The Kier molecular flexibility index (Phi) is 5.46. The van der Waals surface area contributed by atoms with Crippen LogP contribution < -0.4 is 5.32 Å². The third kappa shape index (κ3) is 4.73. The van der Waals surface area contributed by atoms with Crippen LogP contribution in [0, 0.1) is 0 Å². The van der Waals surface area contributed by atoms with Gasteiger partial charge >= 0.3 is 6.09 Å². The number of nitrogens with one attached hydrogen (secondary N) is 1. The van der Waals surface area contributed by atoms with Gasteiger partial charge < -0.3 is 10.1 Å². The molecule has 1 N–H and O–H groups in total. The molecule has 1 aromatic rings. The molecule has 1 heterocycles. The molecule has 22 heavy (non-hydrogen) atoms. The summed E-state index contributed by atoms with van der Waals surface area (Å²) in [6, 6.07) is 10.4. The number of alkyl carbamates (subject to hydrolysis) is 1. The van der Waals surface area contributed by atoms with Gasteiger partial charge in [0.05, 0.1) is 0 Å². The van der Waals surface area contributed by atoms with Crippen LogP contribution in [0.2, 0.25) is 0 Å². The molecule has 0 bridgehead atoms. The number of piperidine rings is 1. The summed E-state index contributed by atoms with van der Waals surface area (Å²) < 4.78 is 5.30. The number of likely N-dealkylation sites (tertiary alicyclic amines) is 1. The van der Waals surface area contributed by atoms with Gasteiger partial charge in [0.2, 0.25) is 0 Å². The highest BCUT2D eigenvalue weighted by molar-refractivity contribution is 5.67. The van der Waals surface area contributed by atoms with Gasteiger partial charge in [0.1, 0.15) is 6.61 Å². The number of hydrogen-bond donors (Lipinski definition) is 1. The van der Waals surface area contributed by atoms with Crippen molar-refractivity contribution >= 4 is 6.09 Å². The van der Waals surface area contributed by atoms with Crippen molar-refractivity contribution in [2.45, 2.75) is 64.8 Å². The zero-order valence-corrected chi connectivity index (χ0v) is 14.1. The van der Waals surface area contributed by atoms with Gasteiger partial charge in [0, 0.05) is 24.2 Å². The van der Waals surface area contributed by atoms with E-state index in [1.807, 2.05) is 30.3 Å². The summed E-state index contributed by atoms with van der Waals surface area (Å²) in [6.45, 7) is 10.3. The summed E-state index contributed by atoms with van der Waals surface area (Å²) in [5.41, 5.74) is 1.19. The summed E-state index contributed by atoms with van der Waals surface area (Å²) in [4.78, 5) is 14.4. The second-order valence-corrected chi connectivity index (χ2v) is 7.14. The molecule has 1 aliphatic rings. The van der Waals surface area contributed by atoms with Crippen molar-refractivity contribution in [3.8, 4) is 0 Å². The molecule has 4 heteroatoms. The van der Waals surface area contributed by atoms with Gasteiger partial charge in [-0.05, 0) is 46.1 Å². The topological polar surface area (TPSA) is 41.6 Å². The fourth-order valence-corrected chi connectivity index (χ4v) is 3.23. The molecule has 0 radical (unpaired) electrons. The largest absolute Gasteiger partial charge is 0.445 e. The third-order valence-corrected chi connectivity index (χ3v) is 4.27. The van der Waals surface area contributed by atoms with E-state index >= 15 is 0 Å². The second-order valence-electron chi connectivity index (χ2n) is 7.14. The molecule has 1 aliphatic heterocycles. The first-order chi connectivity index (χ1) is 10.4. The Morgan fingerprint density at radius 1 is 1.32 bits per heavy atom. The molecule has 1 unspecified atom stereocenters. The standard InChI is InChI=1S/C18H28N2O2/c1-14-12-16(10-11-20(14)18(2,3)4)19-17(21)22-13-15-8-6-5-7-9-15/h5-9,14,16H,10-13H2,1-4H3,(H,19,21)/t14-,16?/m0/s1. The van der Waals surface area contributed by atoms with Crippen molar-refractivity contribution in [3.05, 3.63) is 35.9 Å². The Labute approximate surface area is 133 Å². The number of benzene rings is 1. The van der Waals surface area contributed by atoms with Crippen molar-refractivity contribution in [3.63, 3.8) is 0 Å². The van der Waals surface area contributed by atoms with Gasteiger partial charge in [-0.1, -0.05) is 30.3 Å². The Morgan fingerprint density at radius 3 is 2.59 bits per heavy atom. The van der Waals surface area contributed by atoms with Gasteiger partial charge in [-0.15, -0.1) is 0 Å². The molecule has 0 aromatic heterocycles. The Hall–Kier alpha value is -1.55. The molecule has 0 aliphatic carbocycles. The zero-order chi connectivity index (χ0) is 16.2. The summed E-state index contributed by atoms with van der Waals surface area (Å²) in [7, 11) is 0. The first kappa shape index (κ1) is 16.8. The fraction of sp³-hybridized carbons (Fsp3) is 0.611. The molecule has 2 rings (SSSR count). The van der Waals surface area contributed by atoms with E-state index in [1.54, 1.807) is 0 Å². The molecule has 0 spiro atoms. The lowest BCUT2D eigenvalue weighted by Gasteiger charge is -2.45. The van der Waals surface area contributed by atoms with E-state index < -0.39 is 0 Å². The van der Waals surface area contributed by atoms with Crippen molar-refractivity contribution in [1.29, 1.82) is 0 Å². The maximum Gasteiger partial charge on any atom is 0.407 e. The monoisotopic (exact) mass is 304 g/mol. The van der Waals surface area contributed by atoms with E-state index in [0.29, 0.717) is 12.6 Å². The van der Waals surface area contributed by atoms with Gasteiger partial charge in [-0.25, -0.2) is 4.79 Å². The van der Waals surface area contributed by atoms with Crippen LogP contribution in [0.15, 0.2) is 30.3 Å². The summed E-state index contributed by atoms with van der Waals surface area (Å²) in [5, 5.41) is 3.00. The average molecular weight is 304 g/mol. The van der Waals surface area contributed by atoms with Gasteiger partial charge in [0.25, 0.3) is 0 Å². The highest BCUT2D eigenvalue weighted by Crippen LogP contribution is 2.25. The van der Waals surface area contributed by atoms with Crippen LogP contribution >= 0.6 is 0 Å². The zero-order valence-electron chi connectivity index (χ0n) is 14.1. The SMILES string of the molecule is C[C@H]1CC(NC(=O)OCc2ccccc2)CCN1C(C)(C)C. The van der Waals surface area contributed by atoms with Crippen LogP contribution in [-0.2, 0) is 11.3 Å². The molecular weight excluding hydrogens is 276 g/mol. The average Bonchev–Trinajstić information content (AvgIpc) is 2.45. The smallest absolute Gasteiger partial charge is 0.407 e. The lowest BCUT2D eigenvalue weighted by molar-refractivity contribution is 0.0460. The van der Waals surface area contributed by atoms with Gasteiger partial charge in [0.15, 0.2) is 0 Å². The first-order valence-corrected chi connectivity index (χ1v) is 8.10. The molecular formula is C18H28N2O2. The van der Waals surface area contributed by atoms with Crippen LogP contribution in [-0.4, -0.2) is 35.2 Å². The predicted octanol–water partition coefficient (Wildman–Crippen LogP) is 3.56. The quantitative estimate of drug-likeness (QED) is 0.928. The van der Waals surface area contributed by atoms with E-state index in [0.717, 1.165) is 24.9 Å². The Bertz CT molecular complexity index is 482. The minimum atomic E-state index is -0.315. The van der Waals surface area contributed by atoms with Gasteiger partial charge in [-0.3, -0.25) is 4.90 Å². The van der Waals surface area contributed by atoms with E-state index in [9.17, 15) is 4.79 Å². The normalized spacial score (nSPS) is 23.1. The van der Waals surface area contributed by atoms with Crippen LogP contribution in [0.1, 0.15) is 46.1 Å². The number of nitrogens with zero attached hydrogens (tertiary/aromatic N) is 1. The number of ether oxygens (including phenoxy) is 1. The third-order valence-electron chi connectivity index (χ3n) is 4.27. The van der Waals surface area contributed by atoms with Crippen LogP contribution in [0.3, 0.4) is 0 Å². The highest BCUT2D eigenvalue weighted by Gasteiger charge is 2.32. The van der Waals surface area contributed by atoms with Crippen LogP contribution in [0.25, 0.3) is 0 Å². The first-order valence-electron chi connectivity index (χ1n) is 8.10. The number of carbonyl (C=O) groups is 1. The number of hydrogen-bond acceptors (Lipinski definition) is 3. The summed E-state index contributed by atoms with van der Waals surface area (Å²) in [6.07, 6.45) is 1.63. The summed E-state index contributed by atoms with van der Waals surface area (Å²) in [5.74, 6) is 0. The van der Waals surface area contributed by atoms with Crippen molar-refractivity contribution in [2.75, 3.05) is 6.54 Å². The number of rotatable bonds is 3. The van der Waals surface area contributed by atoms with Crippen molar-refractivity contribution in [1.82, 2.24) is 10.2 Å². The van der Waals surface area contributed by atoms with Crippen molar-refractivity contribution < 1.29 is 9.53 Å². The predicted molar refractivity (Wildman–Crippen MR) is 88.7 cm³/mol. The van der Waals surface area contributed by atoms with E-state index in [1.165, 1.54) is 0 Å². The maximum atomic E-state index is 11.9. The molecule has 1 saturated heterocycles. The lowest BCUT2D eigenvalue weighted by Crippen LogP contribution is -2.55. The molecule has 2 atom stereocenters. The van der Waals surface area contributed by atoms with Crippen LogP contribution in [0.4, 0.5) is 4.79 Å². The van der Waals surface area contributed by atoms with Crippen LogP contribution in [0.5, 0.6) is 0 Å². The Balaban J connectivity index is 1.76. The molecule has 1 fully saturated rings. The summed E-state index contributed by atoms with van der Waals surface area (Å²) >= 11 is 0. The minimum absolute atomic E-state index is 0.179. The van der Waals surface area contributed by atoms with Crippen molar-refractivity contribution in [2.24, 2.45) is 0 Å². The molecule has 122 valence electrons. The molecule has 4 nitrogen and oxygen atoms in total. The lowest BCUT2D eigenvalue weighted by atomic mass is 9.92. The number of amides is 1. The van der Waals surface area contributed by atoms with E-state index in [-0.39, 0.29) is 17.7 Å². The Morgan fingerprint density at radius 2 is 2.00 bits per heavy atom.